The molecule has 0 heterocycles. The van der Waals surface area contributed by atoms with Crippen LogP contribution >= 0.6 is 0 Å². The molecule has 0 aliphatic rings. The molecule has 1 atom stereocenters. The van der Waals surface area contributed by atoms with Gasteiger partial charge in [0.2, 0.25) is 0 Å². The van der Waals surface area contributed by atoms with E-state index in [1.165, 1.54) is 6.26 Å². The summed E-state index contributed by atoms with van der Waals surface area (Å²) in [6, 6.07) is 3.21. The summed E-state index contributed by atoms with van der Waals surface area (Å²) in [5.74, 6) is 0.813. The van der Waals surface area contributed by atoms with Crippen molar-refractivity contribution in [3.8, 4) is 5.75 Å². The molecule has 1 rings (SSSR count). The molecule has 1 aromatic rings. The van der Waals surface area contributed by atoms with Gasteiger partial charge in [0, 0.05) is 12.3 Å². The summed E-state index contributed by atoms with van der Waals surface area (Å²) in [5.41, 5.74) is 8.89. The Bertz CT molecular complexity index is 553. The van der Waals surface area contributed by atoms with Gasteiger partial charge in [-0.1, -0.05) is 12.1 Å². The number of rotatable bonds is 4. The maximum Gasteiger partial charge on any atom is 0.154 e. The van der Waals surface area contributed by atoms with Crippen LogP contribution in [-0.4, -0.2) is 26.5 Å². The van der Waals surface area contributed by atoms with E-state index in [0.717, 1.165) is 22.4 Å². The fourth-order valence-corrected chi connectivity index (χ4v) is 2.71. The van der Waals surface area contributed by atoms with Crippen molar-refractivity contribution in [2.45, 2.75) is 38.5 Å². The zero-order valence-electron chi connectivity index (χ0n) is 12.4. The highest BCUT2D eigenvalue weighted by atomic mass is 32.2. The molecule has 19 heavy (non-hydrogen) atoms. The number of ether oxygens (including phenoxy) is 1. The summed E-state index contributed by atoms with van der Waals surface area (Å²) in [5, 5.41) is 0. The Morgan fingerprint density at radius 2 is 1.63 bits per heavy atom. The zero-order valence-corrected chi connectivity index (χ0v) is 13.3. The van der Waals surface area contributed by atoms with Crippen LogP contribution in [0.1, 0.15) is 36.6 Å². The molecule has 0 saturated heterocycles. The van der Waals surface area contributed by atoms with E-state index >= 15 is 0 Å². The highest BCUT2D eigenvalue weighted by Crippen LogP contribution is 2.33. The van der Waals surface area contributed by atoms with Crippen LogP contribution < -0.4 is 10.5 Å². The first-order valence-electron chi connectivity index (χ1n) is 6.12. The minimum absolute atomic E-state index is 0.578. The SMILES string of the molecule is COc1c(C)cc(C(N)C(C)(C)S(C)(=O)=O)cc1C. The minimum Gasteiger partial charge on any atom is -0.496 e. The number of benzene rings is 1. The highest BCUT2D eigenvalue weighted by molar-refractivity contribution is 7.92. The first-order chi connectivity index (χ1) is 8.52. The van der Waals surface area contributed by atoms with E-state index < -0.39 is 20.6 Å². The quantitative estimate of drug-likeness (QED) is 0.920. The third-order valence-corrected chi connectivity index (χ3v) is 5.92. The van der Waals surface area contributed by atoms with Crippen molar-refractivity contribution in [2.24, 2.45) is 5.73 Å². The lowest BCUT2D eigenvalue weighted by Gasteiger charge is -2.30. The second-order valence-electron chi connectivity index (χ2n) is 5.54. The van der Waals surface area contributed by atoms with Crippen LogP contribution in [-0.2, 0) is 9.84 Å². The third kappa shape index (κ3) is 2.92. The van der Waals surface area contributed by atoms with E-state index in [1.807, 2.05) is 26.0 Å². The molecule has 0 radical (unpaired) electrons. The molecule has 5 heteroatoms. The van der Waals surface area contributed by atoms with E-state index in [-0.39, 0.29) is 0 Å². The summed E-state index contributed by atoms with van der Waals surface area (Å²) < 4.78 is 28.0. The number of aryl methyl sites for hydroxylation is 2. The van der Waals surface area contributed by atoms with Crippen LogP contribution in [0.3, 0.4) is 0 Å². The van der Waals surface area contributed by atoms with Gasteiger partial charge in [0.25, 0.3) is 0 Å². The Kier molecular flexibility index (Phi) is 4.32. The van der Waals surface area contributed by atoms with Gasteiger partial charge in [-0.05, 0) is 44.4 Å². The van der Waals surface area contributed by atoms with Crippen molar-refractivity contribution >= 4 is 9.84 Å². The van der Waals surface area contributed by atoms with Crippen LogP contribution in [0.25, 0.3) is 0 Å². The second-order valence-corrected chi connectivity index (χ2v) is 8.14. The second kappa shape index (κ2) is 5.13. The molecule has 0 spiro atoms. The van der Waals surface area contributed by atoms with Gasteiger partial charge in [0.15, 0.2) is 9.84 Å². The fraction of sp³-hybridized carbons (Fsp3) is 0.571. The lowest BCUT2D eigenvalue weighted by atomic mass is 9.93. The van der Waals surface area contributed by atoms with Gasteiger partial charge in [0.1, 0.15) is 5.75 Å². The van der Waals surface area contributed by atoms with E-state index in [0.29, 0.717) is 0 Å². The van der Waals surface area contributed by atoms with E-state index in [2.05, 4.69) is 0 Å². The van der Waals surface area contributed by atoms with Gasteiger partial charge >= 0.3 is 0 Å². The lowest BCUT2D eigenvalue weighted by molar-refractivity contribution is 0.408. The Morgan fingerprint density at radius 3 is 1.95 bits per heavy atom. The molecule has 1 unspecified atom stereocenters. The van der Waals surface area contributed by atoms with Gasteiger partial charge in [0.05, 0.1) is 11.9 Å². The van der Waals surface area contributed by atoms with E-state index in [9.17, 15) is 8.42 Å². The number of methoxy groups -OCH3 is 1. The van der Waals surface area contributed by atoms with Crippen molar-refractivity contribution in [2.75, 3.05) is 13.4 Å². The molecule has 0 aliphatic heterocycles. The van der Waals surface area contributed by atoms with Gasteiger partial charge in [-0.2, -0.15) is 0 Å². The van der Waals surface area contributed by atoms with Gasteiger partial charge in [-0.15, -0.1) is 0 Å². The maximum absolute atomic E-state index is 11.9. The van der Waals surface area contributed by atoms with Crippen molar-refractivity contribution < 1.29 is 13.2 Å². The van der Waals surface area contributed by atoms with Crippen molar-refractivity contribution in [3.63, 3.8) is 0 Å². The number of nitrogens with two attached hydrogens (primary N) is 1. The first kappa shape index (κ1) is 16.0. The molecule has 2 N–H and O–H groups in total. The van der Waals surface area contributed by atoms with Crippen LogP contribution in [0.5, 0.6) is 5.75 Å². The normalized spacial score (nSPS) is 14.3. The van der Waals surface area contributed by atoms with Crippen LogP contribution in [0.4, 0.5) is 0 Å². The highest BCUT2D eigenvalue weighted by Gasteiger charge is 2.38. The van der Waals surface area contributed by atoms with Crippen LogP contribution in [0.15, 0.2) is 12.1 Å². The van der Waals surface area contributed by atoms with Crippen molar-refractivity contribution in [1.82, 2.24) is 0 Å². The van der Waals surface area contributed by atoms with Crippen LogP contribution in [0.2, 0.25) is 0 Å². The Labute approximate surface area is 115 Å². The smallest absolute Gasteiger partial charge is 0.154 e. The first-order valence-corrected chi connectivity index (χ1v) is 8.01. The number of hydrogen-bond donors (Lipinski definition) is 1. The third-order valence-electron chi connectivity index (χ3n) is 3.75. The molecule has 0 fully saturated rings. The Morgan fingerprint density at radius 1 is 1.21 bits per heavy atom. The summed E-state index contributed by atoms with van der Waals surface area (Å²) >= 11 is 0. The zero-order chi connectivity index (χ0) is 15.0. The monoisotopic (exact) mass is 285 g/mol. The molecule has 0 bridgehead atoms. The minimum atomic E-state index is -3.25. The lowest BCUT2D eigenvalue weighted by Crippen LogP contribution is -2.42. The molecule has 108 valence electrons. The molecule has 4 nitrogen and oxygen atoms in total. The van der Waals surface area contributed by atoms with Gasteiger partial charge < -0.3 is 10.5 Å². The van der Waals surface area contributed by atoms with Gasteiger partial charge in [-0.25, -0.2) is 8.42 Å². The topological polar surface area (TPSA) is 69.4 Å². The summed E-state index contributed by atoms with van der Waals surface area (Å²) in [4.78, 5) is 0. The summed E-state index contributed by atoms with van der Waals surface area (Å²) in [6.07, 6.45) is 1.22. The van der Waals surface area contributed by atoms with Crippen LogP contribution in [0, 0.1) is 13.8 Å². The molecule has 0 saturated carbocycles. The maximum atomic E-state index is 11.9. The molecule has 1 aromatic carbocycles. The molecular weight excluding hydrogens is 262 g/mol. The summed E-state index contributed by atoms with van der Waals surface area (Å²) in [6.45, 7) is 7.16. The summed E-state index contributed by atoms with van der Waals surface area (Å²) in [7, 11) is -1.63. The molecule has 0 aliphatic carbocycles. The van der Waals surface area contributed by atoms with E-state index in [1.54, 1.807) is 21.0 Å². The number of hydrogen-bond acceptors (Lipinski definition) is 4. The largest absolute Gasteiger partial charge is 0.496 e. The average Bonchev–Trinajstić information content (AvgIpc) is 2.25. The van der Waals surface area contributed by atoms with Gasteiger partial charge in [-0.3, -0.25) is 0 Å². The molecule has 0 amide bonds. The van der Waals surface area contributed by atoms with E-state index in [4.69, 9.17) is 10.5 Å². The molecular formula is C14H23NO3S. The van der Waals surface area contributed by atoms with Crippen molar-refractivity contribution in [1.29, 1.82) is 0 Å². The standard InChI is InChI=1S/C14H23NO3S/c1-9-7-11(8-10(2)12(9)18-5)13(15)14(3,4)19(6,16)17/h7-8,13H,15H2,1-6H3. The Hall–Kier alpha value is -1.07. The predicted molar refractivity (Wildman–Crippen MR) is 78.3 cm³/mol. The fourth-order valence-electron chi connectivity index (χ4n) is 2.12. The van der Waals surface area contributed by atoms with Crippen molar-refractivity contribution in [3.05, 3.63) is 28.8 Å². The number of sulfone groups is 1. The molecule has 0 aromatic heterocycles. The predicted octanol–water partition coefficient (Wildman–Crippen LogP) is 2.14. The average molecular weight is 285 g/mol. The Balaban J connectivity index is 3.33.